The molecule has 1 aromatic heterocycles. The van der Waals surface area contributed by atoms with Gasteiger partial charge in [-0.15, -0.1) is 0 Å². The number of benzene rings is 2. The lowest BCUT2D eigenvalue weighted by atomic mass is 10.1. The minimum atomic E-state index is 0.574. The Bertz CT molecular complexity index is 927. The van der Waals surface area contributed by atoms with E-state index in [4.69, 9.17) is 0 Å². The van der Waals surface area contributed by atoms with E-state index in [1.165, 1.54) is 5.56 Å². The molecule has 0 radical (unpaired) electrons. The Morgan fingerprint density at radius 2 is 1.52 bits per heavy atom. The fourth-order valence-electron chi connectivity index (χ4n) is 2.61. The fourth-order valence-corrected chi connectivity index (χ4v) is 2.61. The van der Waals surface area contributed by atoms with Gasteiger partial charge in [-0.05, 0) is 37.1 Å². The lowest BCUT2D eigenvalue weighted by Gasteiger charge is -2.13. The monoisotopic (exact) mass is 329 g/mol. The largest absolute Gasteiger partial charge is 0.340 e. The van der Waals surface area contributed by atoms with E-state index in [1.807, 2.05) is 49.4 Å². The number of aromatic nitrogens is 2. The molecule has 3 aromatic rings. The summed E-state index contributed by atoms with van der Waals surface area (Å²) < 4.78 is 0. The van der Waals surface area contributed by atoms with Crippen LogP contribution >= 0.6 is 0 Å². The quantitative estimate of drug-likeness (QED) is 0.709. The zero-order valence-corrected chi connectivity index (χ0v) is 14.2. The summed E-state index contributed by atoms with van der Waals surface area (Å²) in [5.74, 6) is 2.01. The standard InChI is InChI=1S/C20H19N5/c1-3-15-8-4-6-10-17(15)24-19-12-20(23-14(2)22-19)25-18-11-7-5-9-16(18)13-21/h4-12H,3H2,1-2H3,(H2,22,23,24,25). The van der Waals surface area contributed by atoms with E-state index in [2.05, 4.69) is 39.7 Å². The van der Waals surface area contributed by atoms with Crippen molar-refractivity contribution in [2.75, 3.05) is 10.6 Å². The van der Waals surface area contributed by atoms with E-state index < -0.39 is 0 Å². The highest BCUT2D eigenvalue weighted by atomic mass is 15.1. The summed E-state index contributed by atoms with van der Waals surface area (Å²) in [6, 6.07) is 19.5. The molecule has 0 atom stereocenters. The molecule has 5 nitrogen and oxygen atoms in total. The zero-order chi connectivity index (χ0) is 17.6. The maximum atomic E-state index is 9.22. The maximum absolute atomic E-state index is 9.22. The third kappa shape index (κ3) is 3.93. The molecule has 0 spiro atoms. The molecular formula is C20H19N5. The first-order valence-corrected chi connectivity index (χ1v) is 8.16. The van der Waals surface area contributed by atoms with Crippen LogP contribution < -0.4 is 10.6 Å². The Labute approximate surface area is 147 Å². The van der Waals surface area contributed by atoms with Gasteiger partial charge in [-0.1, -0.05) is 37.3 Å². The number of rotatable bonds is 5. The van der Waals surface area contributed by atoms with Gasteiger partial charge in [0.05, 0.1) is 11.3 Å². The molecule has 2 N–H and O–H groups in total. The van der Waals surface area contributed by atoms with Gasteiger partial charge in [-0.25, -0.2) is 9.97 Å². The Hall–Kier alpha value is -3.39. The van der Waals surface area contributed by atoms with Gasteiger partial charge < -0.3 is 10.6 Å². The SMILES string of the molecule is CCc1ccccc1Nc1cc(Nc2ccccc2C#N)nc(C)n1. The highest BCUT2D eigenvalue weighted by Gasteiger charge is 2.07. The van der Waals surface area contributed by atoms with Crippen LogP contribution in [-0.4, -0.2) is 9.97 Å². The second-order valence-corrected chi connectivity index (χ2v) is 5.60. The third-order valence-corrected chi connectivity index (χ3v) is 3.81. The lowest BCUT2D eigenvalue weighted by molar-refractivity contribution is 1.06. The molecule has 0 unspecified atom stereocenters. The minimum Gasteiger partial charge on any atom is -0.340 e. The molecule has 2 aromatic carbocycles. The van der Waals surface area contributed by atoms with Crippen LogP contribution in [0.2, 0.25) is 0 Å². The van der Waals surface area contributed by atoms with Crippen LogP contribution in [0.25, 0.3) is 0 Å². The van der Waals surface area contributed by atoms with Crippen LogP contribution in [0.15, 0.2) is 54.6 Å². The number of hydrogen-bond acceptors (Lipinski definition) is 5. The van der Waals surface area contributed by atoms with E-state index in [-0.39, 0.29) is 0 Å². The van der Waals surface area contributed by atoms with Gasteiger partial charge in [-0.3, -0.25) is 0 Å². The average Bonchev–Trinajstić information content (AvgIpc) is 2.62. The number of aryl methyl sites for hydroxylation is 2. The van der Waals surface area contributed by atoms with Gasteiger partial charge in [0, 0.05) is 11.8 Å². The molecule has 0 aliphatic rings. The Morgan fingerprint density at radius 1 is 0.920 bits per heavy atom. The van der Waals surface area contributed by atoms with Gasteiger partial charge in [0.2, 0.25) is 0 Å². The Kier molecular flexibility index (Phi) is 4.91. The molecular weight excluding hydrogens is 310 g/mol. The molecule has 5 heteroatoms. The van der Waals surface area contributed by atoms with E-state index in [1.54, 1.807) is 6.07 Å². The molecule has 0 fully saturated rings. The predicted molar refractivity (Wildman–Crippen MR) is 100 cm³/mol. The molecule has 0 saturated heterocycles. The van der Waals surface area contributed by atoms with Crippen molar-refractivity contribution in [3.05, 3.63) is 71.5 Å². The molecule has 3 rings (SSSR count). The van der Waals surface area contributed by atoms with Gasteiger partial charge in [0.25, 0.3) is 0 Å². The molecule has 0 saturated carbocycles. The third-order valence-electron chi connectivity index (χ3n) is 3.81. The van der Waals surface area contributed by atoms with Crippen molar-refractivity contribution in [2.45, 2.75) is 20.3 Å². The summed E-state index contributed by atoms with van der Waals surface area (Å²) in [4.78, 5) is 8.88. The summed E-state index contributed by atoms with van der Waals surface area (Å²) in [5, 5.41) is 15.8. The van der Waals surface area contributed by atoms with Crippen molar-refractivity contribution in [3.63, 3.8) is 0 Å². The Morgan fingerprint density at radius 3 is 2.20 bits per heavy atom. The lowest BCUT2D eigenvalue weighted by Crippen LogP contribution is -2.03. The molecule has 0 amide bonds. The van der Waals surface area contributed by atoms with E-state index >= 15 is 0 Å². The topological polar surface area (TPSA) is 73.6 Å². The first kappa shape index (κ1) is 16.5. The minimum absolute atomic E-state index is 0.574. The predicted octanol–water partition coefficient (Wildman–Crippen LogP) is 4.71. The summed E-state index contributed by atoms with van der Waals surface area (Å²) in [5.41, 5.74) is 3.56. The summed E-state index contributed by atoms with van der Waals surface area (Å²) in [6.45, 7) is 3.97. The number of nitrogens with one attached hydrogen (secondary N) is 2. The molecule has 0 bridgehead atoms. The highest BCUT2D eigenvalue weighted by molar-refractivity contribution is 5.68. The van der Waals surface area contributed by atoms with Crippen LogP contribution in [0.5, 0.6) is 0 Å². The van der Waals surface area contributed by atoms with Crippen LogP contribution in [0, 0.1) is 18.3 Å². The first-order valence-electron chi connectivity index (χ1n) is 8.16. The van der Waals surface area contributed by atoms with Crippen molar-refractivity contribution < 1.29 is 0 Å². The molecule has 1 heterocycles. The van der Waals surface area contributed by atoms with Crippen molar-refractivity contribution in [2.24, 2.45) is 0 Å². The van der Waals surface area contributed by atoms with Gasteiger partial charge in [-0.2, -0.15) is 5.26 Å². The van der Waals surface area contributed by atoms with Crippen molar-refractivity contribution in [1.29, 1.82) is 5.26 Å². The number of hydrogen-bond donors (Lipinski definition) is 2. The normalized spacial score (nSPS) is 10.1. The number of anilines is 4. The second-order valence-electron chi connectivity index (χ2n) is 5.60. The van der Waals surface area contributed by atoms with Crippen molar-refractivity contribution in [3.8, 4) is 6.07 Å². The van der Waals surface area contributed by atoms with E-state index in [9.17, 15) is 5.26 Å². The van der Waals surface area contributed by atoms with Gasteiger partial charge >= 0.3 is 0 Å². The van der Waals surface area contributed by atoms with E-state index in [0.717, 1.165) is 17.8 Å². The first-order chi connectivity index (χ1) is 12.2. The Balaban J connectivity index is 1.89. The second kappa shape index (κ2) is 7.45. The van der Waals surface area contributed by atoms with Crippen LogP contribution in [0.4, 0.5) is 23.0 Å². The molecule has 0 aliphatic heterocycles. The molecule has 124 valence electrons. The molecule has 25 heavy (non-hydrogen) atoms. The summed E-state index contributed by atoms with van der Waals surface area (Å²) >= 11 is 0. The fraction of sp³-hybridized carbons (Fsp3) is 0.150. The molecule has 0 aliphatic carbocycles. The number of nitrogens with zero attached hydrogens (tertiary/aromatic N) is 3. The van der Waals surface area contributed by atoms with Crippen LogP contribution in [0.3, 0.4) is 0 Å². The van der Waals surface area contributed by atoms with Crippen molar-refractivity contribution in [1.82, 2.24) is 9.97 Å². The average molecular weight is 329 g/mol. The van der Waals surface area contributed by atoms with Gasteiger partial charge in [0.1, 0.15) is 23.5 Å². The smallest absolute Gasteiger partial charge is 0.136 e. The van der Waals surface area contributed by atoms with Crippen molar-refractivity contribution >= 4 is 23.0 Å². The zero-order valence-electron chi connectivity index (χ0n) is 14.2. The summed E-state index contributed by atoms with van der Waals surface area (Å²) in [7, 11) is 0. The van der Waals surface area contributed by atoms with E-state index in [0.29, 0.717) is 23.0 Å². The number of para-hydroxylation sites is 2. The highest BCUT2D eigenvalue weighted by Crippen LogP contribution is 2.24. The van der Waals surface area contributed by atoms with Gasteiger partial charge in [0.15, 0.2) is 0 Å². The van der Waals surface area contributed by atoms with Crippen LogP contribution in [-0.2, 0) is 6.42 Å². The van der Waals surface area contributed by atoms with Crippen LogP contribution in [0.1, 0.15) is 23.9 Å². The number of nitriles is 1. The maximum Gasteiger partial charge on any atom is 0.136 e. The summed E-state index contributed by atoms with van der Waals surface area (Å²) in [6.07, 6.45) is 0.938.